The van der Waals surface area contributed by atoms with Crippen molar-refractivity contribution in [2.24, 2.45) is 0 Å². The second-order valence-corrected chi connectivity index (χ2v) is 7.42. The van der Waals surface area contributed by atoms with Gasteiger partial charge in [0.1, 0.15) is 6.10 Å². The number of hydrogen-bond donors (Lipinski definition) is 0. The van der Waals surface area contributed by atoms with Crippen LogP contribution >= 0.6 is 11.8 Å². The van der Waals surface area contributed by atoms with Gasteiger partial charge in [-0.05, 0) is 32.9 Å². The van der Waals surface area contributed by atoms with Gasteiger partial charge in [0, 0.05) is 13.5 Å². The Morgan fingerprint density at radius 3 is 2.62 bits per heavy atom. The van der Waals surface area contributed by atoms with Crippen LogP contribution in [0.4, 0.5) is 0 Å². The third kappa shape index (κ3) is 6.19. The highest BCUT2D eigenvalue weighted by molar-refractivity contribution is 7.98. The van der Waals surface area contributed by atoms with Crippen molar-refractivity contribution in [1.82, 2.24) is 5.06 Å². The molecule has 1 saturated heterocycles. The van der Waals surface area contributed by atoms with Crippen LogP contribution in [0, 0.1) is 0 Å². The summed E-state index contributed by atoms with van der Waals surface area (Å²) in [4.78, 5) is 17.2. The molecule has 0 aliphatic carbocycles. The maximum absolute atomic E-state index is 12.2. The lowest BCUT2D eigenvalue weighted by atomic mass is 9.85. The Labute approximate surface area is 150 Å². The van der Waals surface area contributed by atoms with Crippen molar-refractivity contribution in [2.45, 2.75) is 70.4 Å². The van der Waals surface area contributed by atoms with Gasteiger partial charge in [0.25, 0.3) is 0 Å². The monoisotopic (exact) mass is 363 g/mol. The molecule has 0 aromatic carbocycles. The molecule has 24 heavy (non-hydrogen) atoms. The van der Waals surface area contributed by atoms with Crippen LogP contribution in [0.3, 0.4) is 0 Å². The van der Waals surface area contributed by atoms with Gasteiger partial charge in [0.05, 0.1) is 25.3 Å². The molecule has 0 aromatic rings. The Kier molecular flexibility index (Phi) is 9.01. The van der Waals surface area contributed by atoms with E-state index in [1.54, 1.807) is 18.8 Å². The van der Waals surface area contributed by atoms with E-state index in [2.05, 4.69) is 6.92 Å². The number of hydroxylamine groups is 2. The zero-order chi connectivity index (χ0) is 18.2. The summed E-state index contributed by atoms with van der Waals surface area (Å²) < 4.78 is 18.1. The van der Waals surface area contributed by atoms with Crippen molar-refractivity contribution in [1.29, 1.82) is 0 Å². The van der Waals surface area contributed by atoms with E-state index in [0.29, 0.717) is 25.4 Å². The lowest BCUT2D eigenvalue weighted by Crippen LogP contribution is -2.48. The van der Waals surface area contributed by atoms with Crippen molar-refractivity contribution >= 4 is 17.7 Å². The number of hydrogen-bond acceptors (Lipinski definition) is 6. The lowest BCUT2D eigenvalue weighted by Gasteiger charge is -2.38. The molecule has 142 valence electrons. The minimum atomic E-state index is -0.613. The fourth-order valence-corrected chi connectivity index (χ4v) is 3.21. The summed E-state index contributed by atoms with van der Waals surface area (Å²) in [6, 6.07) is 0. The molecule has 0 radical (unpaired) electrons. The number of nitrogens with zero attached hydrogens (tertiary/aromatic N) is 1. The Hall–Kier alpha value is -0.340. The number of carbonyl (C=O) groups is 1. The van der Waals surface area contributed by atoms with Gasteiger partial charge in [0.15, 0.2) is 5.79 Å². The van der Waals surface area contributed by atoms with Gasteiger partial charge in [-0.3, -0.25) is 9.63 Å². The Bertz CT molecular complexity index is 383. The smallest absolute Gasteiger partial charge is 0.245 e. The van der Waals surface area contributed by atoms with Crippen molar-refractivity contribution in [3.05, 3.63) is 0 Å². The highest BCUT2D eigenvalue weighted by Crippen LogP contribution is 2.38. The molecule has 2 atom stereocenters. The van der Waals surface area contributed by atoms with E-state index in [1.165, 1.54) is 12.2 Å². The topological polar surface area (TPSA) is 57.2 Å². The first-order chi connectivity index (χ1) is 11.3. The van der Waals surface area contributed by atoms with Gasteiger partial charge in [-0.15, -0.1) is 11.8 Å². The van der Waals surface area contributed by atoms with Crippen LogP contribution in [0.15, 0.2) is 0 Å². The summed E-state index contributed by atoms with van der Waals surface area (Å²) in [7, 11) is 3.11. The van der Waals surface area contributed by atoms with Gasteiger partial charge < -0.3 is 14.2 Å². The number of unbranched alkanes of at least 4 members (excludes halogenated alkanes) is 1. The minimum absolute atomic E-state index is 0.0655. The van der Waals surface area contributed by atoms with Crippen LogP contribution in [-0.2, 0) is 23.8 Å². The molecule has 0 bridgehead atoms. The molecule has 0 N–H and O–H groups in total. The first-order valence-corrected chi connectivity index (χ1v) is 9.95. The fraction of sp³-hybridized carbons (Fsp3) is 0.941. The highest BCUT2D eigenvalue weighted by Gasteiger charge is 2.47. The quantitative estimate of drug-likeness (QED) is 0.415. The van der Waals surface area contributed by atoms with Crippen LogP contribution in [0.5, 0.6) is 0 Å². The molecular weight excluding hydrogens is 330 g/mol. The van der Waals surface area contributed by atoms with Crippen LogP contribution in [0.25, 0.3) is 0 Å². The van der Waals surface area contributed by atoms with Gasteiger partial charge in [-0.1, -0.05) is 19.8 Å². The standard InChI is InChI=1S/C17H33NO5S/c1-7-8-10-17(22-13-24-6,11-9-15(19)18(4)20-5)14-12-21-16(2,3)23-14/h14H,7-13H2,1-6H3/t14-,17+/m0/s1. The fourth-order valence-electron chi connectivity index (χ4n) is 2.86. The zero-order valence-electron chi connectivity index (χ0n) is 15.9. The minimum Gasteiger partial charge on any atom is -0.362 e. The van der Waals surface area contributed by atoms with Crippen molar-refractivity contribution < 1.29 is 23.8 Å². The molecule has 1 aliphatic heterocycles. The van der Waals surface area contributed by atoms with E-state index in [0.717, 1.165) is 19.3 Å². The highest BCUT2D eigenvalue weighted by atomic mass is 32.2. The predicted molar refractivity (Wildman–Crippen MR) is 95.6 cm³/mol. The van der Waals surface area contributed by atoms with Crippen molar-refractivity contribution in [2.75, 3.05) is 33.0 Å². The second kappa shape index (κ2) is 9.97. The molecule has 0 spiro atoms. The molecule has 0 unspecified atom stereocenters. The average Bonchev–Trinajstić information content (AvgIpc) is 2.93. The summed E-state index contributed by atoms with van der Waals surface area (Å²) in [5.74, 6) is -0.111. The maximum Gasteiger partial charge on any atom is 0.245 e. The van der Waals surface area contributed by atoms with Gasteiger partial charge in [-0.25, -0.2) is 5.06 Å². The average molecular weight is 364 g/mol. The Balaban J connectivity index is 2.90. The van der Waals surface area contributed by atoms with E-state index in [-0.39, 0.29) is 12.0 Å². The third-order valence-electron chi connectivity index (χ3n) is 4.40. The number of carbonyl (C=O) groups excluding carboxylic acids is 1. The molecule has 0 saturated carbocycles. The second-order valence-electron chi connectivity index (χ2n) is 6.61. The SMILES string of the molecule is CCCC[C@](CCC(=O)N(C)OC)(OCSC)[C@@H]1COC(C)(C)O1. The summed E-state index contributed by atoms with van der Waals surface area (Å²) in [5, 5.41) is 1.26. The van der Waals surface area contributed by atoms with E-state index in [4.69, 9.17) is 19.0 Å². The summed E-state index contributed by atoms with van der Waals surface area (Å²) in [6.45, 7) is 6.46. The molecule has 1 rings (SSSR count). The van der Waals surface area contributed by atoms with Crippen LogP contribution in [0.1, 0.15) is 52.9 Å². The van der Waals surface area contributed by atoms with E-state index < -0.39 is 11.4 Å². The molecular formula is C17H33NO5S. The normalized spacial score (nSPS) is 22.3. The first kappa shape index (κ1) is 21.7. The van der Waals surface area contributed by atoms with E-state index in [9.17, 15) is 4.79 Å². The number of rotatable bonds is 11. The summed E-state index contributed by atoms with van der Waals surface area (Å²) in [6.07, 6.45) is 5.69. The van der Waals surface area contributed by atoms with Crippen LogP contribution < -0.4 is 0 Å². The number of ether oxygens (including phenoxy) is 3. The van der Waals surface area contributed by atoms with Gasteiger partial charge >= 0.3 is 0 Å². The van der Waals surface area contributed by atoms with Gasteiger partial charge in [0.2, 0.25) is 5.91 Å². The van der Waals surface area contributed by atoms with E-state index >= 15 is 0 Å². The van der Waals surface area contributed by atoms with Crippen LogP contribution in [-0.4, -0.2) is 61.4 Å². The number of amides is 1. The molecule has 1 heterocycles. The summed E-state index contributed by atoms with van der Waals surface area (Å²) >= 11 is 1.63. The first-order valence-electron chi connectivity index (χ1n) is 8.55. The zero-order valence-corrected chi connectivity index (χ0v) is 16.7. The largest absolute Gasteiger partial charge is 0.362 e. The Morgan fingerprint density at radius 1 is 1.42 bits per heavy atom. The van der Waals surface area contributed by atoms with Gasteiger partial charge in [-0.2, -0.15) is 0 Å². The molecule has 6 nitrogen and oxygen atoms in total. The number of thioether (sulfide) groups is 1. The predicted octanol–water partition coefficient (Wildman–Crippen LogP) is 3.20. The molecule has 1 fully saturated rings. The lowest BCUT2D eigenvalue weighted by molar-refractivity contribution is -0.187. The molecule has 1 amide bonds. The van der Waals surface area contributed by atoms with Crippen molar-refractivity contribution in [3.63, 3.8) is 0 Å². The summed E-state index contributed by atoms with van der Waals surface area (Å²) in [5.41, 5.74) is -0.517. The Morgan fingerprint density at radius 2 is 2.12 bits per heavy atom. The maximum atomic E-state index is 12.2. The third-order valence-corrected chi connectivity index (χ3v) is 4.75. The van der Waals surface area contributed by atoms with Crippen LogP contribution in [0.2, 0.25) is 0 Å². The van der Waals surface area contributed by atoms with Crippen molar-refractivity contribution in [3.8, 4) is 0 Å². The molecule has 0 aromatic heterocycles. The van der Waals surface area contributed by atoms with E-state index in [1.807, 2.05) is 20.1 Å². The molecule has 1 aliphatic rings. The molecule has 7 heteroatoms.